The van der Waals surface area contributed by atoms with E-state index in [1.54, 1.807) is 7.05 Å². The lowest BCUT2D eigenvalue weighted by Crippen LogP contribution is -2.44. The zero-order valence-corrected chi connectivity index (χ0v) is 8.41. The van der Waals surface area contributed by atoms with Crippen molar-refractivity contribution >= 4 is 11.8 Å². The zero-order chi connectivity index (χ0) is 10.3. The normalized spacial score (nSPS) is 27.0. The van der Waals surface area contributed by atoms with E-state index in [1.807, 2.05) is 19.1 Å². The molecular weight excluding hydrogens is 178 g/mol. The molecule has 1 unspecified atom stereocenters. The van der Waals surface area contributed by atoms with Crippen LogP contribution in [0, 0.1) is 5.92 Å². The van der Waals surface area contributed by atoms with Crippen LogP contribution in [0.25, 0.3) is 0 Å². The van der Waals surface area contributed by atoms with Gasteiger partial charge < -0.3 is 0 Å². The molecule has 3 nitrogen and oxygen atoms in total. The molecule has 0 aromatic carbocycles. The van der Waals surface area contributed by atoms with Crippen LogP contribution in [0.3, 0.4) is 0 Å². The topological polar surface area (TPSA) is 37.4 Å². The molecule has 2 aliphatic rings. The van der Waals surface area contributed by atoms with Gasteiger partial charge in [-0.1, -0.05) is 17.7 Å². The second-order valence-corrected chi connectivity index (χ2v) is 3.87. The number of fused-ring (bicyclic) bond motifs is 1. The molecule has 0 saturated carbocycles. The highest BCUT2D eigenvalue weighted by atomic mass is 16.2. The number of rotatable bonds is 0. The van der Waals surface area contributed by atoms with E-state index >= 15 is 0 Å². The summed E-state index contributed by atoms with van der Waals surface area (Å²) < 4.78 is 0. The van der Waals surface area contributed by atoms with Crippen molar-refractivity contribution < 1.29 is 9.59 Å². The number of allylic oxidation sites excluding steroid dienone is 3. The molecule has 0 N–H and O–H groups in total. The van der Waals surface area contributed by atoms with Gasteiger partial charge in [-0.25, -0.2) is 0 Å². The second-order valence-electron chi connectivity index (χ2n) is 3.87. The summed E-state index contributed by atoms with van der Waals surface area (Å²) in [5.41, 5.74) is 2.09. The average molecular weight is 191 g/mol. The molecule has 1 heterocycles. The van der Waals surface area contributed by atoms with Crippen molar-refractivity contribution in [2.24, 2.45) is 5.92 Å². The summed E-state index contributed by atoms with van der Waals surface area (Å²) in [5, 5.41) is 0. The van der Waals surface area contributed by atoms with E-state index in [1.165, 1.54) is 4.90 Å². The molecule has 0 radical (unpaired) electrons. The van der Waals surface area contributed by atoms with Crippen molar-refractivity contribution in [2.75, 3.05) is 7.05 Å². The minimum atomic E-state index is -0.0871. The molecule has 0 spiro atoms. The van der Waals surface area contributed by atoms with Gasteiger partial charge in [-0.3, -0.25) is 14.5 Å². The van der Waals surface area contributed by atoms with Gasteiger partial charge in [-0.15, -0.1) is 0 Å². The summed E-state index contributed by atoms with van der Waals surface area (Å²) in [6.07, 6.45) is 5.15. The Bertz CT molecular complexity index is 365. The van der Waals surface area contributed by atoms with Gasteiger partial charge in [-0.2, -0.15) is 0 Å². The van der Waals surface area contributed by atoms with Crippen molar-refractivity contribution in [1.29, 1.82) is 0 Å². The van der Waals surface area contributed by atoms with Gasteiger partial charge in [0.1, 0.15) is 0 Å². The number of likely N-dealkylation sites (tertiary alicyclic amines) is 1. The van der Waals surface area contributed by atoms with Crippen molar-refractivity contribution in [3.05, 3.63) is 23.3 Å². The van der Waals surface area contributed by atoms with Gasteiger partial charge in [0.15, 0.2) is 0 Å². The summed E-state index contributed by atoms with van der Waals surface area (Å²) in [4.78, 5) is 24.5. The minimum absolute atomic E-state index is 0.0556. The van der Waals surface area contributed by atoms with Gasteiger partial charge in [0.05, 0.1) is 5.92 Å². The lowest BCUT2D eigenvalue weighted by molar-refractivity contribution is -0.147. The first kappa shape index (κ1) is 9.19. The molecule has 14 heavy (non-hydrogen) atoms. The highest BCUT2D eigenvalue weighted by Gasteiger charge is 2.36. The summed E-state index contributed by atoms with van der Waals surface area (Å²) >= 11 is 0. The zero-order valence-electron chi connectivity index (χ0n) is 8.41. The van der Waals surface area contributed by atoms with Crippen molar-refractivity contribution in [3.8, 4) is 0 Å². The number of carbonyl (C=O) groups is 2. The van der Waals surface area contributed by atoms with E-state index in [9.17, 15) is 9.59 Å². The van der Waals surface area contributed by atoms with Crippen LogP contribution in [0.1, 0.15) is 19.8 Å². The molecule has 2 rings (SSSR count). The molecule has 1 fully saturated rings. The number of hydrogen-bond acceptors (Lipinski definition) is 2. The molecule has 74 valence electrons. The van der Waals surface area contributed by atoms with E-state index in [-0.39, 0.29) is 17.7 Å². The predicted molar refractivity (Wildman–Crippen MR) is 52.3 cm³/mol. The number of nitrogens with zero attached hydrogens (tertiary/aromatic N) is 1. The summed E-state index contributed by atoms with van der Waals surface area (Å²) in [6, 6.07) is 0. The van der Waals surface area contributed by atoms with Crippen LogP contribution in [0.5, 0.6) is 0 Å². The lowest BCUT2D eigenvalue weighted by Gasteiger charge is -2.32. The van der Waals surface area contributed by atoms with E-state index < -0.39 is 0 Å². The Morgan fingerprint density at radius 1 is 1.43 bits per heavy atom. The molecule has 2 amide bonds. The molecule has 1 atom stereocenters. The predicted octanol–water partition coefficient (Wildman–Crippen LogP) is 1.27. The van der Waals surface area contributed by atoms with Gasteiger partial charge in [-0.05, 0) is 18.9 Å². The Kier molecular flexibility index (Phi) is 2.02. The molecule has 3 heteroatoms. The maximum atomic E-state index is 11.8. The number of piperidine rings is 1. The Morgan fingerprint density at radius 3 is 2.86 bits per heavy atom. The number of imide groups is 1. The van der Waals surface area contributed by atoms with Crippen molar-refractivity contribution in [1.82, 2.24) is 4.90 Å². The molecule has 1 aliphatic carbocycles. The van der Waals surface area contributed by atoms with E-state index in [0.29, 0.717) is 6.42 Å². The monoisotopic (exact) mass is 191 g/mol. The fourth-order valence-corrected chi connectivity index (χ4v) is 2.06. The molecule has 1 aliphatic heterocycles. The first-order valence-corrected chi connectivity index (χ1v) is 4.78. The number of hydrogen-bond donors (Lipinski definition) is 0. The minimum Gasteiger partial charge on any atom is -0.285 e. The van der Waals surface area contributed by atoms with E-state index in [0.717, 1.165) is 17.6 Å². The quantitative estimate of drug-likeness (QED) is 0.541. The maximum Gasteiger partial charge on any atom is 0.236 e. The van der Waals surface area contributed by atoms with Gasteiger partial charge in [0, 0.05) is 13.5 Å². The highest BCUT2D eigenvalue weighted by Crippen LogP contribution is 2.33. The molecular formula is C11H13NO2. The maximum absolute atomic E-state index is 11.8. The first-order chi connectivity index (χ1) is 6.61. The van der Waals surface area contributed by atoms with E-state index in [4.69, 9.17) is 0 Å². The first-order valence-electron chi connectivity index (χ1n) is 4.78. The van der Waals surface area contributed by atoms with Crippen LogP contribution in [-0.4, -0.2) is 23.8 Å². The lowest BCUT2D eigenvalue weighted by atomic mass is 9.82. The third-order valence-electron chi connectivity index (χ3n) is 3.01. The van der Waals surface area contributed by atoms with Crippen LogP contribution in [0.2, 0.25) is 0 Å². The average Bonchev–Trinajstić information content (AvgIpc) is 2.17. The largest absolute Gasteiger partial charge is 0.285 e. The SMILES string of the molecule is CC1=C2CC(=O)N(C)C(=O)C2CC=C1. The van der Waals surface area contributed by atoms with Crippen LogP contribution in [-0.2, 0) is 9.59 Å². The standard InChI is InChI=1S/C11H13NO2/c1-7-4-3-5-8-9(7)6-10(13)12(2)11(8)14/h3-4,8H,5-6H2,1-2H3. The molecule has 0 aromatic rings. The Morgan fingerprint density at radius 2 is 2.14 bits per heavy atom. The smallest absolute Gasteiger partial charge is 0.236 e. The van der Waals surface area contributed by atoms with Gasteiger partial charge in [0.2, 0.25) is 11.8 Å². The Hall–Kier alpha value is -1.38. The Labute approximate surface area is 83.1 Å². The summed E-state index contributed by atoms with van der Waals surface area (Å²) in [6.45, 7) is 1.96. The summed E-state index contributed by atoms with van der Waals surface area (Å²) in [5.74, 6) is -0.224. The van der Waals surface area contributed by atoms with Crippen molar-refractivity contribution in [3.63, 3.8) is 0 Å². The van der Waals surface area contributed by atoms with E-state index in [2.05, 4.69) is 0 Å². The van der Waals surface area contributed by atoms with Crippen LogP contribution in [0.4, 0.5) is 0 Å². The van der Waals surface area contributed by atoms with Crippen LogP contribution < -0.4 is 0 Å². The van der Waals surface area contributed by atoms with Crippen LogP contribution in [0.15, 0.2) is 23.3 Å². The molecule has 1 saturated heterocycles. The third-order valence-corrected chi connectivity index (χ3v) is 3.01. The second kappa shape index (κ2) is 3.08. The van der Waals surface area contributed by atoms with Gasteiger partial charge in [0.25, 0.3) is 0 Å². The third kappa shape index (κ3) is 1.20. The Balaban J connectivity index is 2.41. The van der Waals surface area contributed by atoms with Crippen LogP contribution >= 0.6 is 0 Å². The summed E-state index contributed by atoms with van der Waals surface area (Å²) in [7, 11) is 1.56. The molecule has 0 aromatic heterocycles. The number of amides is 2. The highest BCUT2D eigenvalue weighted by molar-refractivity contribution is 6.02. The fourth-order valence-electron chi connectivity index (χ4n) is 2.06. The number of carbonyl (C=O) groups excluding carboxylic acids is 2. The fraction of sp³-hybridized carbons (Fsp3) is 0.455. The molecule has 0 bridgehead atoms. The van der Waals surface area contributed by atoms with Gasteiger partial charge >= 0.3 is 0 Å². The van der Waals surface area contributed by atoms with Crippen molar-refractivity contribution in [2.45, 2.75) is 19.8 Å².